The first-order valence-corrected chi connectivity index (χ1v) is 9.77. The molecular formula is C24H23N3O4. The van der Waals surface area contributed by atoms with Crippen molar-refractivity contribution in [3.05, 3.63) is 112 Å². The predicted octanol–water partition coefficient (Wildman–Crippen LogP) is 3.11. The van der Waals surface area contributed by atoms with Gasteiger partial charge in [-0.05, 0) is 23.6 Å². The molecule has 3 N–H and O–H groups in total. The van der Waals surface area contributed by atoms with Crippen LogP contribution in [0.15, 0.2) is 84.9 Å². The Labute approximate surface area is 180 Å². The van der Waals surface area contributed by atoms with Gasteiger partial charge in [0.1, 0.15) is 6.04 Å². The summed E-state index contributed by atoms with van der Waals surface area (Å²) in [5.74, 6) is -1.05. The van der Waals surface area contributed by atoms with E-state index in [1.807, 2.05) is 60.7 Å². The van der Waals surface area contributed by atoms with E-state index in [9.17, 15) is 19.7 Å². The minimum atomic E-state index is -1.05. The fourth-order valence-electron chi connectivity index (χ4n) is 3.49. The van der Waals surface area contributed by atoms with Gasteiger partial charge in [0.05, 0.1) is 10.3 Å². The molecule has 0 unspecified atom stereocenters. The SMILES string of the molecule is CC(C(=O)N[C@@H](Cc1ccc([N+](=O)[O-])cc1)C(N)=O)(c1ccccc1)c1ccccc1. The number of hydrogen-bond donors (Lipinski definition) is 2. The van der Waals surface area contributed by atoms with E-state index in [4.69, 9.17) is 5.73 Å². The second-order valence-corrected chi connectivity index (χ2v) is 7.41. The fourth-order valence-corrected chi connectivity index (χ4v) is 3.49. The summed E-state index contributed by atoms with van der Waals surface area (Å²) in [6, 6.07) is 23.4. The maximum Gasteiger partial charge on any atom is 0.269 e. The maximum absolute atomic E-state index is 13.5. The number of nitrogens with two attached hydrogens (primary N) is 1. The van der Waals surface area contributed by atoms with Gasteiger partial charge in [-0.2, -0.15) is 0 Å². The zero-order chi connectivity index (χ0) is 22.4. The molecule has 2 amide bonds. The van der Waals surface area contributed by atoms with E-state index in [2.05, 4.69) is 5.32 Å². The average Bonchev–Trinajstić information content (AvgIpc) is 2.79. The molecular weight excluding hydrogens is 394 g/mol. The zero-order valence-electron chi connectivity index (χ0n) is 17.0. The Morgan fingerprint density at radius 1 is 0.935 bits per heavy atom. The molecule has 0 spiro atoms. The van der Waals surface area contributed by atoms with Crippen LogP contribution in [0.5, 0.6) is 0 Å². The summed E-state index contributed by atoms with van der Waals surface area (Å²) in [7, 11) is 0. The number of rotatable bonds is 8. The van der Waals surface area contributed by atoms with Gasteiger partial charge in [-0.3, -0.25) is 19.7 Å². The lowest BCUT2D eigenvalue weighted by Crippen LogP contribution is -2.52. The molecule has 3 aromatic rings. The third-order valence-corrected chi connectivity index (χ3v) is 5.39. The first-order valence-electron chi connectivity index (χ1n) is 9.77. The fraction of sp³-hybridized carbons (Fsp3) is 0.167. The largest absolute Gasteiger partial charge is 0.368 e. The minimum Gasteiger partial charge on any atom is -0.368 e. The first-order chi connectivity index (χ1) is 14.8. The molecule has 3 rings (SSSR count). The Hall–Kier alpha value is -4.00. The molecule has 0 radical (unpaired) electrons. The number of amides is 2. The molecule has 0 fully saturated rings. The van der Waals surface area contributed by atoms with Crippen LogP contribution in [0.3, 0.4) is 0 Å². The van der Waals surface area contributed by atoms with E-state index in [0.29, 0.717) is 5.56 Å². The van der Waals surface area contributed by atoms with Crippen molar-refractivity contribution in [1.82, 2.24) is 5.32 Å². The molecule has 1 atom stereocenters. The van der Waals surface area contributed by atoms with Crippen LogP contribution in [0, 0.1) is 10.1 Å². The quantitative estimate of drug-likeness (QED) is 0.433. The normalized spacial score (nSPS) is 12.0. The van der Waals surface area contributed by atoms with Crippen molar-refractivity contribution in [2.45, 2.75) is 24.8 Å². The molecule has 3 aromatic carbocycles. The number of benzene rings is 3. The van der Waals surface area contributed by atoms with Crippen molar-refractivity contribution in [1.29, 1.82) is 0 Å². The maximum atomic E-state index is 13.5. The molecule has 0 saturated heterocycles. The van der Waals surface area contributed by atoms with E-state index >= 15 is 0 Å². The van der Waals surface area contributed by atoms with Crippen LogP contribution in [0.1, 0.15) is 23.6 Å². The standard InChI is InChI=1S/C24H23N3O4/c1-24(18-8-4-2-5-9-18,19-10-6-3-7-11-19)23(29)26-21(22(25)28)16-17-12-14-20(15-13-17)27(30)31/h2-15,21H,16H2,1H3,(H2,25,28)(H,26,29)/t21-/m0/s1. The van der Waals surface area contributed by atoms with E-state index in [0.717, 1.165) is 11.1 Å². The van der Waals surface area contributed by atoms with Crippen molar-refractivity contribution in [3.63, 3.8) is 0 Å². The van der Waals surface area contributed by atoms with Crippen molar-refractivity contribution in [2.24, 2.45) is 5.73 Å². The van der Waals surface area contributed by atoms with Gasteiger partial charge in [-0.25, -0.2) is 0 Å². The summed E-state index contributed by atoms with van der Waals surface area (Å²) < 4.78 is 0. The molecule has 7 nitrogen and oxygen atoms in total. The highest BCUT2D eigenvalue weighted by Gasteiger charge is 2.38. The zero-order valence-corrected chi connectivity index (χ0v) is 17.0. The number of non-ortho nitro benzene ring substituents is 1. The number of nitro groups is 1. The summed E-state index contributed by atoms with van der Waals surface area (Å²) in [4.78, 5) is 36.0. The van der Waals surface area contributed by atoms with Crippen LogP contribution in [0.4, 0.5) is 5.69 Å². The van der Waals surface area contributed by atoms with Crippen molar-refractivity contribution < 1.29 is 14.5 Å². The van der Waals surface area contributed by atoms with Crippen LogP contribution in [-0.2, 0) is 21.4 Å². The topological polar surface area (TPSA) is 115 Å². The lowest BCUT2D eigenvalue weighted by molar-refractivity contribution is -0.384. The van der Waals surface area contributed by atoms with Gasteiger partial charge in [-0.1, -0.05) is 72.8 Å². The van der Waals surface area contributed by atoms with Crippen LogP contribution in [-0.4, -0.2) is 22.8 Å². The molecule has 0 aliphatic rings. The van der Waals surface area contributed by atoms with Gasteiger partial charge in [0.15, 0.2) is 0 Å². The lowest BCUT2D eigenvalue weighted by atomic mass is 9.75. The van der Waals surface area contributed by atoms with Gasteiger partial charge < -0.3 is 11.1 Å². The number of carbonyl (C=O) groups is 2. The van der Waals surface area contributed by atoms with Gasteiger partial charge in [-0.15, -0.1) is 0 Å². The van der Waals surface area contributed by atoms with Crippen molar-refractivity contribution in [2.75, 3.05) is 0 Å². The predicted molar refractivity (Wildman–Crippen MR) is 117 cm³/mol. The van der Waals surface area contributed by atoms with Crippen molar-refractivity contribution in [3.8, 4) is 0 Å². The smallest absolute Gasteiger partial charge is 0.269 e. The van der Waals surface area contributed by atoms with E-state index in [-0.39, 0.29) is 18.0 Å². The van der Waals surface area contributed by atoms with E-state index < -0.39 is 22.3 Å². The molecule has 7 heteroatoms. The summed E-state index contributed by atoms with van der Waals surface area (Å²) in [6.07, 6.45) is 0.124. The summed E-state index contributed by atoms with van der Waals surface area (Å²) >= 11 is 0. The monoisotopic (exact) mass is 417 g/mol. The Morgan fingerprint density at radius 3 is 1.84 bits per heavy atom. The molecule has 0 bridgehead atoms. The highest BCUT2D eigenvalue weighted by atomic mass is 16.6. The molecule has 0 aromatic heterocycles. The van der Waals surface area contributed by atoms with E-state index in [1.54, 1.807) is 19.1 Å². The molecule has 0 aliphatic heterocycles. The van der Waals surface area contributed by atoms with Crippen LogP contribution < -0.4 is 11.1 Å². The number of nitrogens with zero attached hydrogens (tertiary/aromatic N) is 1. The van der Waals surface area contributed by atoms with Crippen LogP contribution in [0.2, 0.25) is 0 Å². The Balaban J connectivity index is 1.90. The van der Waals surface area contributed by atoms with Gasteiger partial charge in [0, 0.05) is 18.6 Å². The Morgan fingerprint density at radius 2 is 1.42 bits per heavy atom. The average molecular weight is 417 g/mol. The van der Waals surface area contributed by atoms with Gasteiger partial charge >= 0.3 is 0 Å². The number of nitro benzene ring substituents is 1. The molecule has 0 saturated carbocycles. The van der Waals surface area contributed by atoms with E-state index in [1.165, 1.54) is 12.1 Å². The van der Waals surface area contributed by atoms with Crippen molar-refractivity contribution >= 4 is 17.5 Å². The number of hydrogen-bond acceptors (Lipinski definition) is 4. The third-order valence-electron chi connectivity index (χ3n) is 5.39. The highest BCUT2D eigenvalue weighted by Crippen LogP contribution is 2.32. The van der Waals surface area contributed by atoms with Crippen LogP contribution in [0.25, 0.3) is 0 Å². The Kier molecular flexibility index (Phi) is 6.45. The second-order valence-electron chi connectivity index (χ2n) is 7.41. The molecule has 0 aliphatic carbocycles. The van der Waals surface area contributed by atoms with Gasteiger partial charge in [0.25, 0.3) is 5.69 Å². The molecule has 31 heavy (non-hydrogen) atoms. The third kappa shape index (κ3) is 4.78. The molecule has 158 valence electrons. The number of nitrogens with one attached hydrogen (secondary N) is 1. The Bertz CT molecular complexity index is 1030. The van der Waals surface area contributed by atoms with Gasteiger partial charge in [0.2, 0.25) is 11.8 Å². The first kappa shape index (κ1) is 21.7. The number of primary amides is 1. The lowest BCUT2D eigenvalue weighted by Gasteiger charge is -2.31. The molecule has 0 heterocycles. The summed E-state index contributed by atoms with van der Waals surface area (Å²) in [5, 5.41) is 13.6. The summed E-state index contributed by atoms with van der Waals surface area (Å²) in [5.41, 5.74) is 6.67. The summed E-state index contributed by atoms with van der Waals surface area (Å²) in [6.45, 7) is 1.80. The highest BCUT2D eigenvalue weighted by molar-refractivity contribution is 5.95. The number of carbonyl (C=O) groups excluding carboxylic acids is 2. The van der Waals surface area contributed by atoms with Crippen LogP contribution >= 0.6 is 0 Å². The second kappa shape index (κ2) is 9.21. The minimum absolute atomic E-state index is 0.0517.